The second-order valence-electron chi connectivity index (χ2n) is 5.12. The fraction of sp³-hybridized carbons (Fsp3) is 0.500. The Morgan fingerprint density at radius 3 is 2.94 bits per heavy atom. The molecule has 0 saturated heterocycles. The van der Waals surface area contributed by atoms with Gasteiger partial charge in [-0.2, -0.15) is 0 Å². The second kappa shape index (κ2) is 6.27. The molecule has 2 aromatic heterocycles. The van der Waals surface area contributed by atoms with Crippen LogP contribution in [-0.2, 0) is 0 Å². The summed E-state index contributed by atoms with van der Waals surface area (Å²) in [5, 5.41) is 2.07. The van der Waals surface area contributed by atoms with Crippen molar-refractivity contribution in [3.05, 3.63) is 29.3 Å². The largest absolute Gasteiger partial charge is 0.271 e. The predicted molar refractivity (Wildman–Crippen MR) is 78.4 cm³/mol. The van der Waals surface area contributed by atoms with Crippen LogP contribution >= 0.6 is 11.3 Å². The van der Waals surface area contributed by atoms with Crippen LogP contribution in [0.5, 0.6) is 0 Å². The third-order valence-electron chi connectivity index (χ3n) is 3.20. The smallest absolute Gasteiger partial charge is 0.0809 e. The Morgan fingerprint density at radius 1 is 1.39 bits per heavy atom. The Labute approximate surface area is 112 Å². The fourth-order valence-electron chi connectivity index (χ4n) is 2.13. The molecule has 0 saturated carbocycles. The van der Waals surface area contributed by atoms with Gasteiger partial charge in [-0.05, 0) is 35.4 Å². The monoisotopic (exact) mass is 263 g/mol. The SMILES string of the molecule is CC(C)CCCC(NN)c1cnc2ccsc2c1. The van der Waals surface area contributed by atoms with Crippen LogP contribution in [0.25, 0.3) is 10.2 Å². The van der Waals surface area contributed by atoms with E-state index in [0.29, 0.717) is 0 Å². The maximum absolute atomic E-state index is 5.67. The van der Waals surface area contributed by atoms with Crippen molar-refractivity contribution in [1.29, 1.82) is 0 Å². The average molecular weight is 263 g/mol. The van der Waals surface area contributed by atoms with Crippen LogP contribution in [-0.4, -0.2) is 4.98 Å². The highest BCUT2D eigenvalue weighted by molar-refractivity contribution is 7.17. The number of pyridine rings is 1. The molecule has 1 unspecified atom stereocenters. The van der Waals surface area contributed by atoms with E-state index in [-0.39, 0.29) is 6.04 Å². The quantitative estimate of drug-likeness (QED) is 0.618. The molecule has 3 N–H and O–H groups in total. The van der Waals surface area contributed by atoms with Crippen molar-refractivity contribution in [1.82, 2.24) is 10.4 Å². The number of nitrogens with two attached hydrogens (primary N) is 1. The highest BCUT2D eigenvalue weighted by Gasteiger charge is 2.11. The van der Waals surface area contributed by atoms with Crippen molar-refractivity contribution in [3.8, 4) is 0 Å². The van der Waals surface area contributed by atoms with Crippen LogP contribution in [0, 0.1) is 5.92 Å². The summed E-state index contributed by atoms with van der Waals surface area (Å²) in [7, 11) is 0. The van der Waals surface area contributed by atoms with Crippen LogP contribution in [0.4, 0.5) is 0 Å². The molecular weight excluding hydrogens is 242 g/mol. The zero-order chi connectivity index (χ0) is 13.0. The van der Waals surface area contributed by atoms with Gasteiger partial charge in [0, 0.05) is 12.2 Å². The summed E-state index contributed by atoms with van der Waals surface area (Å²) in [6.07, 6.45) is 5.43. The van der Waals surface area contributed by atoms with Gasteiger partial charge in [-0.3, -0.25) is 16.3 Å². The summed E-state index contributed by atoms with van der Waals surface area (Å²) in [6.45, 7) is 4.51. The number of aromatic nitrogens is 1. The number of thiophene rings is 1. The summed E-state index contributed by atoms with van der Waals surface area (Å²) in [4.78, 5) is 4.47. The van der Waals surface area contributed by atoms with Crippen LogP contribution in [0.3, 0.4) is 0 Å². The van der Waals surface area contributed by atoms with Gasteiger partial charge in [0.05, 0.1) is 10.2 Å². The Kier molecular flexibility index (Phi) is 4.69. The molecule has 4 heteroatoms. The van der Waals surface area contributed by atoms with Gasteiger partial charge in [-0.25, -0.2) is 0 Å². The first kappa shape index (κ1) is 13.5. The fourth-order valence-corrected chi connectivity index (χ4v) is 2.92. The molecule has 0 radical (unpaired) electrons. The van der Waals surface area contributed by atoms with Crippen LogP contribution in [0.15, 0.2) is 23.7 Å². The van der Waals surface area contributed by atoms with Gasteiger partial charge in [0.2, 0.25) is 0 Å². The Hall–Kier alpha value is -0.970. The zero-order valence-electron chi connectivity index (χ0n) is 11.0. The van der Waals surface area contributed by atoms with E-state index < -0.39 is 0 Å². The molecule has 0 aliphatic carbocycles. The summed E-state index contributed by atoms with van der Waals surface area (Å²) < 4.78 is 1.23. The maximum atomic E-state index is 5.67. The summed E-state index contributed by atoms with van der Waals surface area (Å²) >= 11 is 1.73. The first-order valence-corrected chi connectivity index (χ1v) is 7.38. The van der Waals surface area contributed by atoms with Crippen molar-refractivity contribution >= 4 is 21.6 Å². The van der Waals surface area contributed by atoms with E-state index >= 15 is 0 Å². The number of nitrogens with one attached hydrogen (secondary N) is 1. The first-order valence-electron chi connectivity index (χ1n) is 6.50. The van der Waals surface area contributed by atoms with E-state index in [0.717, 1.165) is 17.9 Å². The van der Waals surface area contributed by atoms with Gasteiger partial charge >= 0.3 is 0 Å². The number of hydrogen-bond donors (Lipinski definition) is 2. The molecule has 3 nitrogen and oxygen atoms in total. The van der Waals surface area contributed by atoms with Crippen LogP contribution in [0.2, 0.25) is 0 Å². The minimum absolute atomic E-state index is 0.211. The van der Waals surface area contributed by atoms with Gasteiger partial charge < -0.3 is 0 Å². The lowest BCUT2D eigenvalue weighted by atomic mass is 9.99. The summed E-state index contributed by atoms with van der Waals surface area (Å²) in [6, 6.07) is 4.46. The van der Waals surface area contributed by atoms with Crippen LogP contribution in [0.1, 0.15) is 44.7 Å². The molecule has 0 aliphatic rings. The van der Waals surface area contributed by atoms with Crippen LogP contribution < -0.4 is 11.3 Å². The zero-order valence-corrected chi connectivity index (χ0v) is 11.8. The summed E-state index contributed by atoms with van der Waals surface area (Å²) in [5.41, 5.74) is 5.18. The lowest BCUT2D eigenvalue weighted by Gasteiger charge is -2.16. The molecule has 98 valence electrons. The lowest BCUT2D eigenvalue weighted by Crippen LogP contribution is -2.28. The van der Waals surface area contributed by atoms with Gasteiger partial charge in [0.15, 0.2) is 0 Å². The van der Waals surface area contributed by atoms with Crippen molar-refractivity contribution < 1.29 is 0 Å². The maximum Gasteiger partial charge on any atom is 0.0809 e. The van der Waals surface area contributed by atoms with Gasteiger partial charge in [-0.1, -0.05) is 26.7 Å². The van der Waals surface area contributed by atoms with Gasteiger partial charge in [-0.15, -0.1) is 11.3 Å². The Morgan fingerprint density at radius 2 is 2.22 bits per heavy atom. The van der Waals surface area contributed by atoms with Gasteiger partial charge in [0.1, 0.15) is 0 Å². The Balaban J connectivity index is 2.06. The van der Waals surface area contributed by atoms with E-state index in [1.165, 1.54) is 23.1 Å². The highest BCUT2D eigenvalue weighted by Crippen LogP contribution is 2.25. The minimum Gasteiger partial charge on any atom is -0.271 e. The number of hydrazine groups is 1. The molecule has 0 spiro atoms. The van der Waals surface area contributed by atoms with Crippen molar-refractivity contribution in [2.75, 3.05) is 0 Å². The molecule has 2 aromatic rings. The molecule has 2 rings (SSSR count). The van der Waals surface area contributed by atoms with Crippen molar-refractivity contribution in [2.24, 2.45) is 11.8 Å². The number of hydrogen-bond acceptors (Lipinski definition) is 4. The van der Waals surface area contributed by atoms with E-state index in [1.54, 1.807) is 11.3 Å². The average Bonchev–Trinajstić information content (AvgIpc) is 2.81. The third kappa shape index (κ3) is 3.28. The molecular formula is C14H21N3S. The summed E-state index contributed by atoms with van der Waals surface area (Å²) in [5.74, 6) is 6.42. The normalized spacial score (nSPS) is 13.3. The molecule has 0 amide bonds. The second-order valence-corrected chi connectivity index (χ2v) is 6.06. The standard InChI is InChI=1S/C14H21N3S/c1-10(2)4-3-5-12(17-15)11-8-14-13(16-9-11)6-7-18-14/h6-10,12,17H,3-5,15H2,1-2H3. The molecule has 0 aromatic carbocycles. The molecule has 18 heavy (non-hydrogen) atoms. The molecule has 0 fully saturated rings. The third-order valence-corrected chi connectivity index (χ3v) is 4.05. The molecule has 2 heterocycles. The van der Waals surface area contributed by atoms with Crippen molar-refractivity contribution in [3.63, 3.8) is 0 Å². The molecule has 0 aliphatic heterocycles. The van der Waals surface area contributed by atoms with E-state index in [2.05, 4.69) is 35.7 Å². The first-order chi connectivity index (χ1) is 8.70. The topological polar surface area (TPSA) is 50.9 Å². The molecule has 0 bridgehead atoms. The number of fused-ring (bicyclic) bond motifs is 1. The Bertz CT molecular complexity index is 492. The van der Waals surface area contributed by atoms with Crippen molar-refractivity contribution in [2.45, 2.75) is 39.2 Å². The van der Waals surface area contributed by atoms with E-state index in [4.69, 9.17) is 5.84 Å². The number of rotatable bonds is 6. The predicted octanol–water partition coefficient (Wildman–Crippen LogP) is 3.63. The highest BCUT2D eigenvalue weighted by atomic mass is 32.1. The van der Waals surface area contributed by atoms with E-state index in [9.17, 15) is 0 Å². The minimum atomic E-state index is 0.211. The van der Waals surface area contributed by atoms with Gasteiger partial charge in [0.25, 0.3) is 0 Å². The number of nitrogens with zero attached hydrogens (tertiary/aromatic N) is 1. The lowest BCUT2D eigenvalue weighted by molar-refractivity contribution is 0.455. The van der Waals surface area contributed by atoms with E-state index in [1.807, 2.05) is 12.3 Å². The molecule has 1 atom stereocenters.